The Kier molecular flexibility index (Phi) is 5.58. The number of nitrogens with zero attached hydrogens (tertiary/aromatic N) is 4. The third-order valence-corrected chi connectivity index (χ3v) is 4.57. The monoisotopic (exact) mass is 366 g/mol. The normalized spacial score (nSPS) is 18.1. The minimum absolute atomic E-state index is 0.0253. The van der Waals surface area contributed by atoms with Crippen LogP contribution in [0.1, 0.15) is 43.1 Å². The summed E-state index contributed by atoms with van der Waals surface area (Å²) in [6.07, 6.45) is 1.08. The van der Waals surface area contributed by atoms with Crippen molar-refractivity contribution in [3.63, 3.8) is 0 Å². The van der Waals surface area contributed by atoms with E-state index in [9.17, 15) is 18.0 Å². The summed E-state index contributed by atoms with van der Waals surface area (Å²) >= 11 is 0. The molecule has 3 heterocycles. The van der Waals surface area contributed by atoms with Crippen molar-refractivity contribution in [1.82, 2.24) is 19.4 Å². The Morgan fingerprint density at radius 2 is 2.08 bits per heavy atom. The molecule has 0 saturated carbocycles. The zero-order valence-electron chi connectivity index (χ0n) is 14.3. The van der Waals surface area contributed by atoms with Crippen LogP contribution < -0.4 is 0 Å². The second-order valence-corrected chi connectivity index (χ2v) is 6.53. The van der Waals surface area contributed by atoms with Gasteiger partial charge in [-0.05, 0) is 25.0 Å². The molecule has 1 aliphatic rings. The van der Waals surface area contributed by atoms with E-state index in [0.717, 1.165) is 24.4 Å². The molecule has 2 aromatic rings. The average molecular weight is 366 g/mol. The number of rotatable bonds is 5. The van der Waals surface area contributed by atoms with Crippen molar-refractivity contribution in [3.05, 3.63) is 48.3 Å². The van der Waals surface area contributed by atoms with Gasteiger partial charge in [-0.2, -0.15) is 13.2 Å². The van der Waals surface area contributed by atoms with Gasteiger partial charge in [0.05, 0.1) is 18.7 Å². The van der Waals surface area contributed by atoms with Crippen LogP contribution in [0.5, 0.6) is 0 Å². The zero-order valence-corrected chi connectivity index (χ0v) is 14.3. The zero-order chi connectivity index (χ0) is 18.6. The number of aromatic nitrogens is 3. The van der Waals surface area contributed by atoms with Crippen molar-refractivity contribution in [2.75, 3.05) is 13.1 Å². The molecule has 26 heavy (non-hydrogen) atoms. The van der Waals surface area contributed by atoms with Crippen LogP contribution in [0.4, 0.5) is 13.2 Å². The summed E-state index contributed by atoms with van der Waals surface area (Å²) < 4.78 is 39.1. The van der Waals surface area contributed by atoms with E-state index >= 15 is 0 Å². The van der Waals surface area contributed by atoms with Gasteiger partial charge in [0.25, 0.3) is 0 Å². The molecule has 0 N–H and O–H groups in total. The molecule has 0 bridgehead atoms. The van der Waals surface area contributed by atoms with Crippen LogP contribution >= 0.6 is 0 Å². The molecule has 140 valence electrons. The molecule has 0 spiro atoms. The topological polar surface area (TPSA) is 51.0 Å². The highest BCUT2D eigenvalue weighted by Gasteiger charge is 2.31. The quantitative estimate of drug-likeness (QED) is 0.815. The summed E-state index contributed by atoms with van der Waals surface area (Å²) in [4.78, 5) is 22.4. The standard InChI is InChI=1S/C18H21F3N4O/c19-18(20,21)7-6-16(26)24-10-3-4-14(12-24)17-23-9-11-25(17)13-15-5-1-2-8-22-15/h1-2,5,8-9,11,14H,3-4,6-7,10,12-13H2. The molecule has 0 radical (unpaired) electrons. The minimum Gasteiger partial charge on any atom is -0.342 e. The SMILES string of the molecule is O=C(CCC(F)(F)F)N1CCCC(c2nccn2Cc2ccccn2)C1. The van der Waals surface area contributed by atoms with Crippen LogP contribution in [0.25, 0.3) is 0 Å². The van der Waals surface area contributed by atoms with Crippen LogP contribution in [0.15, 0.2) is 36.8 Å². The number of piperidine rings is 1. The molecule has 1 aliphatic heterocycles. The summed E-state index contributed by atoms with van der Waals surface area (Å²) in [5, 5.41) is 0. The van der Waals surface area contributed by atoms with Crippen LogP contribution in [0.3, 0.4) is 0 Å². The second kappa shape index (κ2) is 7.88. The number of pyridine rings is 1. The number of hydrogen-bond donors (Lipinski definition) is 0. The van der Waals surface area contributed by atoms with Crippen molar-refractivity contribution in [3.8, 4) is 0 Å². The second-order valence-electron chi connectivity index (χ2n) is 6.53. The number of hydrogen-bond acceptors (Lipinski definition) is 3. The van der Waals surface area contributed by atoms with Gasteiger partial charge in [-0.3, -0.25) is 9.78 Å². The lowest BCUT2D eigenvalue weighted by atomic mass is 9.96. The number of halogens is 3. The highest BCUT2D eigenvalue weighted by atomic mass is 19.4. The Morgan fingerprint density at radius 1 is 1.23 bits per heavy atom. The summed E-state index contributed by atoms with van der Waals surface area (Å²) in [7, 11) is 0. The smallest absolute Gasteiger partial charge is 0.342 e. The predicted molar refractivity (Wildman–Crippen MR) is 89.4 cm³/mol. The van der Waals surface area contributed by atoms with Crippen LogP contribution in [-0.2, 0) is 11.3 Å². The lowest BCUT2D eigenvalue weighted by Crippen LogP contribution is -2.40. The number of carbonyl (C=O) groups is 1. The number of alkyl halides is 3. The molecule has 3 rings (SSSR count). The van der Waals surface area contributed by atoms with Gasteiger partial charge in [-0.1, -0.05) is 6.07 Å². The van der Waals surface area contributed by atoms with Gasteiger partial charge < -0.3 is 9.47 Å². The van der Waals surface area contributed by atoms with E-state index in [-0.39, 0.29) is 5.92 Å². The molecule has 1 amide bonds. The Hall–Kier alpha value is -2.38. The van der Waals surface area contributed by atoms with Gasteiger partial charge in [0, 0.05) is 44.0 Å². The Labute approximate surface area is 149 Å². The van der Waals surface area contributed by atoms with E-state index < -0.39 is 24.9 Å². The molecule has 8 heteroatoms. The molecule has 1 atom stereocenters. The van der Waals surface area contributed by atoms with Crippen molar-refractivity contribution in [2.24, 2.45) is 0 Å². The molecule has 1 saturated heterocycles. The number of likely N-dealkylation sites (tertiary alicyclic amines) is 1. The number of carbonyl (C=O) groups excluding carboxylic acids is 1. The lowest BCUT2D eigenvalue weighted by Gasteiger charge is -2.33. The highest BCUT2D eigenvalue weighted by molar-refractivity contribution is 5.76. The van der Waals surface area contributed by atoms with Gasteiger partial charge in [0.1, 0.15) is 5.82 Å². The van der Waals surface area contributed by atoms with Gasteiger partial charge in [0.15, 0.2) is 0 Å². The van der Waals surface area contributed by atoms with Crippen LogP contribution in [0.2, 0.25) is 0 Å². The molecule has 2 aromatic heterocycles. The van der Waals surface area contributed by atoms with Crippen molar-refractivity contribution in [2.45, 2.75) is 44.3 Å². The van der Waals surface area contributed by atoms with Gasteiger partial charge in [-0.25, -0.2) is 4.98 Å². The summed E-state index contributed by atoms with van der Waals surface area (Å²) in [5.74, 6) is 0.441. The van der Waals surface area contributed by atoms with E-state index in [1.165, 1.54) is 0 Å². The average Bonchev–Trinajstić information content (AvgIpc) is 3.08. The van der Waals surface area contributed by atoms with Gasteiger partial charge in [-0.15, -0.1) is 0 Å². The number of amides is 1. The molecule has 5 nitrogen and oxygen atoms in total. The fraction of sp³-hybridized carbons (Fsp3) is 0.500. The molecule has 0 aliphatic carbocycles. The first kappa shape index (κ1) is 18.4. The van der Waals surface area contributed by atoms with Crippen LogP contribution in [-0.4, -0.2) is 44.6 Å². The Bertz CT molecular complexity index is 730. The first-order chi connectivity index (χ1) is 12.4. The molecular formula is C18H21F3N4O. The predicted octanol–water partition coefficient (Wildman–Crippen LogP) is 3.37. The first-order valence-corrected chi connectivity index (χ1v) is 8.68. The third kappa shape index (κ3) is 4.83. The Balaban J connectivity index is 1.65. The maximum atomic E-state index is 12.4. The van der Waals surface area contributed by atoms with Crippen LogP contribution in [0, 0.1) is 0 Å². The minimum atomic E-state index is -4.30. The van der Waals surface area contributed by atoms with E-state index in [1.54, 1.807) is 17.3 Å². The highest BCUT2D eigenvalue weighted by Crippen LogP contribution is 2.28. The maximum absolute atomic E-state index is 12.4. The van der Waals surface area contributed by atoms with Crippen molar-refractivity contribution >= 4 is 5.91 Å². The first-order valence-electron chi connectivity index (χ1n) is 8.68. The van der Waals surface area contributed by atoms with Crippen molar-refractivity contribution < 1.29 is 18.0 Å². The molecular weight excluding hydrogens is 345 g/mol. The van der Waals surface area contributed by atoms with E-state index in [0.29, 0.717) is 19.6 Å². The third-order valence-electron chi connectivity index (χ3n) is 4.57. The Morgan fingerprint density at radius 3 is 2.81 bits per heavy atom. The maximum Gasteiger partial charge on any atom is 0.389 e. The fourth-order valence-corrected chi connectivity index (χ4v) is 3.30. The molecule has 1 unspecified atom stereocenters. The molecule has 1 fully saturated rings. The summed E-state index contributed by atoms with van der Waals surface area (Å²) in [6.45, 7) is 1.50. The summed E-state index contributed by atoms with van der Waals surface area (Å²) in [5.41, 5.74) is 0.903. The lowest BCUT2D eigenvalue weighted by molar-refractivity contribution is -0.149. The van der Waals surface area contributed by atoms with Crippen molar-refractivity contribution in [1.29, 1.82) is 0 Å². The van der Waals surface area contributed by atoms with E-state index in [2.05, 4.69) is 9.97 Å². The van der Waals surface area contributed by atoms with E-state index in [1.807, 2.05) is 29.0 Å². The summed E-state index contributed by atoms with van der Waals surface area (Å²) in [6, 6.07) is 5.70. The number of imidazole rings is 1. The van der Waals surface area contributed by atoms with E-state index in [4.69, 9.17) is 0 Å². The van der Waals surface area contributed by atoms with Gasteiger partial charge >= 0.3 is 6.18 Å². The van der Waals surface area contributed by atoms with Gasteiger partial charge in [0.2, 0.25) is 5.91 Å². The largest absolute Gasteiger partial charge is 0.389 e. The fourth-order valence-electron chi connectivity index (χ4n) is 3.30. The molecule has 0 aromatic carbocycles.